The number of carbonyl (C=O) groups excluding carboxylic acids is 1. The highest BCUT2D eigenvalue weighted by Crippen LogP contribution is 2.11. The number of nitrogens with one attached hydrogen (secondary N) is 1. The molecule has 1 heterocycles. The molecular formula is C10H10N2O3S. The van der Waals surface area contributed by atoms with Crippen molar-refractivity contribution in [2.75, 3.05) is 0 Å². The summed E-state index contributed by atoms with van der Waals surface area (Å²) in [7, 11) is 0. The molecule has 0 aliphatic carbocycles. The first-order chi connectivity index (χ1) is 7.54. The van der Waals surface area contributed by atoms with Crippen LogP contribution < -0.4 is 5.32 Å². The molecule has 1 aromatic heterocycles. The molecule has 1 atom stereocenters. The van der Waals surface area contributed by atoms with E-state index in [0.717, 1.165) is 5.01 Å². The lowest BCUT2D eigenvalue weighted by molar-refractivity contribution is -0.139. The number of aromatic nitrogens is 1. The number of thiazole rings is 1. The minimum absolute atomic E-state index is 0.0428. The Labute approximate surface area is 96.5 Å². The van der Waals surface area contributed by atoms with Crippen molar-refractivity contribution in [2.24, 2.45) is 0 Å². The molecule has 0 fully saturated rings. The van der Waals surface area contributed by atoms with Crippen LogP contribution in [-0.2, 0) is 4.79 Å². The maximum Gasteiger partial charge on any atom is 0.327 e. The zero-order valence-electron chi connectivity index (χ0n) is 8.56. The number of carboxylic acid groups (broad SMARTS) is 1. The summed E-state index contributed by atoms with van der Waals surface area (Å²) < 4.78 is 0. The highest BCUT2D eigenvalue weighted by Gasteiger charge is 2.20. The smallest absolute Gasteiger partial charge is 0.327 e. The summed E-state index contributed by atoms with van der Waals surface area (Å²) in [5.74, 6) is 0.593. The third kappa shape index (κ3) is 3.07. The number of amides is 1. The van der Waals surface area contributed by atoms with Crippen LogP contribution in [0.1, 0.15) is 21.1 Å². The number of rotatable bonds is 4. The molecule has 5 nitrogen and oxygen atoms in total. The molecule has 16 heavy (non-hydrogen) atoms. The normalized spacial score (nSPS) is 11.5. The van der Waals surface area contributed by atoms with Gasteiger partial charge in [-0.1, -0.05) is 0 Å². The summed E-state index contributed by atoms with van der Waals surface area (Å²) in [6, 6.07) is -1.06. The monoisotopic (exact) mass is 238 g/mol. The van der Waals surface area contributed by atoms with E-state index >= 15 is 0 Å². The molecule has 0 saturated heterocycles. The van der Waals surface area contributed by atoms with Crippen LogP contribution in [0.15, 0.2) is 6.20 Å². The van der Waals surface area contributed by atoms with Crippen molar-refractivity contribution in [1.29, 1.82) is 0 Å². The first kappa shape index (κ1) is 12.2. The van der Waals surface area contributed by atoms with E-state index in [0.29, 0.717) is 4.88 Å². The van der Waals surface area contributed by atoms with E-state index in [1.807, 2.05) is 0 Å². The van der Waals surface area contributed by atoms with Gasteiger partial charge < -0.3 is 10.4 Å². The van der Waals surface area contributed by atoms with Crippen molar-refractivity contribution in [3.8, 4) is 12.3 Å². The van der Waals surface area contributed by atoms with Gasteiger partial charge in [-0.15, -0.1) is 23.7 Å². The Balaban J connectivity index is 2.69. The molecule has 0 spiro atoms. The van der Waals surface area contributed by atoms with Gasteiger partial charge in [0.1, 0.15) is 10.9 Å². The van der Waals surface area contributed by atoms with E-state index in [1.165, 1.54) is 17.5 Å². The number of carbonyl (C=O) groups is 2. The van der Waals surface area contributed by atoms with Gasteiger partial charge in [0, 0.05) is 6.42 Å². The van der Waals surface area contributed by atoms with Crippen molar-refractivity contribution < 1.29 is 14.7 Å². The second-order valence-corrected chi connectivity index (χ2v) is 4.25. The lowest BCUT2D eigenvalue weighted by atomic mass is 10.2. The molecule has 0 aliphatic heterocycles. The van der Waals surface area contributed by atoms with Gasteiger partial charge in [0.2, 0.25) is 0 Å². The van der Waals surface area contributed by atoms with Gasteiger partial charge in [-0.05, 0) is 6.92 Å². The first-order valence-corrected chi connectivity index (χ1v) is 5.25. The van der Waals surface area contributed by atoms with Crippen LogP contribution in [0.5, 0.6) is 0 Å². The van der Waals surface area contributed by atoms with Gasteiger partial charge in [0.05, 0.1) is 11.2 Å². The molecule has 1 rings (SSSR count). The molecule has 6 heteroatoms. The van der Waals surface area contributed by atoms with E-state index in [4.69, 9.17) is 11.5 Å². The maximum absolute atomic E-state index is 11.6. The van der Waals surface area contributed by atoms with Crippen molar-refractivity contribution in [3.63, 3.8) is 0 Å². The van der Waals surface area contributed by atoms with Gasteiger partial charge in [-0.2, -0.15) is 0 Å². The van der Waals surface area contributed by atoms with Crippen LogP contribution in [0.25, 0.3) is 0 Å². The van der Waals surface area contributed by atoms with E-state index in [1.54, 1.807) is 6.92 Å². The summed E-state index contributed by atoms with van der Waals surface area (Å²) in [6.07, 6.45) is 6.38. The van der Waals surface area contributed by atoms with Crippen molar-refractivity contribution in [1.82, 2.24) is 10.3 Å². The van der Waals surface area contributed by atoms with Crippen LogP contribution in [0, 0.1) is 19.3 Å². The minimum Gasteiger partial charge on any atom is -0.480 e. The Hall–Kier alpha value is -1.87. The van der Waals surface area contributed by atoms with Gasteiger partial charge >= 0.3 is 5.97 Å². The predicted octanol–water partition coefficient (Wildman–Crippen LogP) is 0.658. The largest absolute Gasteiger partial charge is 0.480 e. The number of aryl methyl sites for hydroxylation is 1. The number of nitrogens with zero attached hydrogens (tertiary/aromatic N) is 1. The molecule has 0 saturated carbocycles. The van der Waals surface area contributed by atoms with Crippen molar-refractivity contribution in [3.05, 3.63) is 16.1 Å². The quantitative estimate of drug-likeness (QED) is 0.755. The summed E-state index contributed by atoms with van der Waals surface area (Å²) in [4.78, 5) is 26.6. The molecule has 0 radical (unpaired) electrons. The van der Waals surface area contributed by atoms with Crippen molar-refractivity contribution in [2.45, 2.75) is 19.4 Å². The Kier molecular flexibility index (Phi) is 4.03. The highest BCUT2D eigenvalue weighted by atomic mass is 32.1. The molecule has 0 aromatic carbocycles. The predicted molar refractivity (Wildman–Crippen MR) is 59.2 cm³/mol. The number of terminal acetylenes is 1. The Morgan fingerprint density at radius 2 is 2.44 bits per heavy atom. The number of hydrogen-bond donors (Lipinski definition) is 2. The number of carboxylic acids is 1. The van der Waals surface area contributed by atoms with Crippen LogP contribution in [0.3, 0.4) is 0 Å². The van der Waals surface area contributed by atoms with Crippen LogP contribution >= 0.6 is 11.3 Å². The average molecular weight is 238 g/mol. The number of hydrogen-bond acceptors (Lipinski definition) is 4. The molecule has 1 aromatic rings. The summed E-state index contributed by atoms with van der Waals surface area (Å²) in [5, 5.41) is 11.9. The SMILES string of the molecule is C#CCC(NC(=O)c1cnc(C)s1)C(=O)O. The van der Waals surface area contributed by atoms with Gasteiger partial charge in [-0.3, -0.25) is 4.79 Å². The average Bonchev–Trinajstić information content (AvgIpc) is 2.64. The second-order valence-electron chi connectivity index (χ2n) is 3.02. The lowest BCUT2D eigenvalue weighted by Gasteiger charge is -2.10. The van der Waals surface area contributed by atoms with Crippen molar-refractivity contribution >= 4 is 23.2 Å². The van der Waals surface area contributed by atoms with Gasteiger partial charge in [0.15, 0.2) is 0 Å². The third-order valence-corrected chi connectivity index (χ3v) is 2.68. The van der Waals surface area contributed by atoms with Gasteiger partial charge in [-0.25, -0.2) is 9.78 Å². The zero-order valence-corrected chi connectivity index (χ0v) is 9.37. The molecule has 1 amide bonds. The molecule has 0 aliphatic rings. The Bertz CT molecular complexity index is 447. The fraction of sp³-hybridized carbons (Fsp3) is 0.300. The highest BCUT2D eigenvalue weighted by molar-refractivity contribution is 7.13. The van der Waals surface area contributed by atoms with Crippen LogP contribution in [-0.4, -0.2) is 28.0 Å². The Morgan fingerprint density at radius 1 is 1.75 bits per heavy atom. The number of aliphatic carboxylic acids is 1. The molecule has 1 unspecified atom stereocenters. The van der Waals surface area contributed by atoms with E-state index < -0.39 is 17.9 Å². The Morgan fingerprint density at radius 3 is 2.88 bits per heavy atom. The standard InChI is InChI=1S/C10H10N2O3S/c1-3-4-7(10(14)15)12-9(13)8-5-11-6(2)16-8/h1,5,7H,4H2,2H3,(H,12,13)(H,14,15). The van der Waals surface area contributed by atoms with E-state index in [2.05, 4.69) is 16.2 Å². The molecule has 84 valence electrons. The fourth-order valence-corrected chi connectivity index (χ4v) is 1.69. The second kappa shape index (κ2) is 5.28. The van der Waals surface area contributed by atoms with E-state index in [9.17, 15) is 9.59 Å². The summed E-state index contributed by atoms with van der Waals surface area (Å²) >= 11 is 1.20. The van der Waals surface area contributed by atoms with Crippen LogP contribution in [0.2, 0.25) is 0 Å². The minimum atomic E-state index is -1.15. The van der Waals surface area contributed by atoms with Gasteiger partial charge in [0.25, 0.3) is 5.91 Å². The summed E-state index contributed by atoms with van der Waals surface area (Å²) in [5.41, 5.74) is 0. The molecular weight excluding hydrogens is 228 g/mol. The first-order valence-electron chi connectivity index (χ1n) is 4.44. The summed E-state index contributed by atoms with van der Waals surface area (Å²) in [6.45, 7) is 1.76. The van der Waals surface area contributed by atoms with E-state index in [-0.39, 0.29) is 6.42 Å². The zero-order chi connectivity index (χ0) is 12.1. The third-order valence-electron chi connectivity index (χ3n) is 1.77. The topological polar surface area (TPSA) is 79.3 Å². The fourth-order valence-electron chi connectivity index (χ4n) is 1.01. The molecule has 2 N–H and O–H groups in total. The lowest BCUT2D eigenvalue weighted by Crippen LogP contribution is -2.40. The molecule has 0 bridgehead atoms. The maximum atomic E-state index is 11.6. The van der Waals surface area contributed by atoms with Crippen LogP contribution in [0.4, 0.5) is 0 Å².